The quantitative estimate of drug-likeness (QED) is 0.744. The third kappa shape index (κ3) is 2.57. The van der Waals surface area contributed by atoms with Crippen LogP contribution in [0.5, 0.6) is 0 Å². The van der Waals surface area contributed by atoms with E-state index >= 15 is 0 Å². The molecule has 0 amide bonds. The van der Waals surface area contributed by atoms with Crippen molar-refractivity contribution in [3.05, 3.63) is 47.8 Å². The Morgan fingerprint density at radius 1 is 0.938 bits per heavy atom. The summed E-state index contributed by atoms with van der Waals surface area (Å²) in [6, 6.07) is 9.39. The summed E-state index contributed by atoms with van der Waals surface area (Å²) in [4.78, 5) is 7.88. The summed E-state index contributed by atoms with van der Waals surface area (Å²) in [5, 5.41) is 0. The van der Waals surface area contributed by atoms with Crippen molar-refractivity contribution in [3.8, 4) is 0 Å². The SMILES string of the molecule is Nc1ccc(C=Cc2ccnc(N)n2)cc1. The van der Waals surface area contributed by atoms with Gasteiger partial charge in [0.2, 0.25) is 5.95 Å². The zero-order valence-corrected chi connectivity index (χ0v) is 8.67. The molecule has 0 aliphatic carbocycles. The predicted molar refractivity (Wildman–Crippen MR) is 66.2 cm³/mol. The highest BCUT2D eigenvalue weighted by molar-refractivity contribution is 5.68. The van der Waals surface area contributed by atoms with Crippen LogP contribution in [0.1, 0.15) is 11.3 Å². The van der Waals surface area contributed by atoms with Gasteiger partial charge in [-0.1, -0.05) is 18.2 Å². The van der Waals surface area contributed by atoms with Gasteiger partial charge in [-0.25, -0.2) is 9.97 Å². The molecule has 2 aromatic rings. The summed E-state index contributed by atoms with van der Waals surface area (Å²) < 4.78 is 0. The van der Waals surface area contributed by atoms with Gasteiger partial charge >= 0.3 is 0 Å². The number of anilines is 2. The molecule has 1 heterocycles. The Kier molecular flexibility index (Phi) is 2.82. The fraction of sp³-hybridized carbons (Fsp3) is 0. The first kappa shape index (κ1) is 10.2. The molecule has 0 saturated carbocycles. The number of nitrogens with two attached hydrogens (primary N) is 2. The van der Waals surface area contributed by atoms with Crippen molar-refractivity contribution in [2.45, 2.75) is 0 Å². The van der Waals surface area contributed by atoms with E-state index in [0.717, 1.165) is 16.9 Å². The van der Waals surface area contributed by atoms with E-state index < -0.39 is 0 Å². The molecule has 2 rings (SSSR count). The molecule has 1 aromatic carbocycles. The second-order valence-corrected chi connectivity index (χ2v) is 3.34. The van der Waals surface area contributed by atoms with Crippen LogP contribution in [0.4, 0.5) is 11.6 Å². The molecular formula is C12H12N4. The molecule has 4 nitrogen and oxygen atoms in total. The van der Waals surface area contributed by atoms with Crippen LogP contribution >= 0.6 is 0 Å². The van der Waals surface area contributed by atoms with Crippen molar-refractivity contribution in [1.29, 1.82) is 0 Å². The lowest BCUT2D eigenvalue weighted by Crippen LogP contribution is -1.94. The van der Waals surface area contributed by atoms with Crippen LogP contribution in [0.25, 0.3) is 12.2 Å². The second kappa shape index (κ2) is 4.44. The van der Waals surface area contributed by atoms with Crippen LogP contribution in [0, 0.1) is 0 Å². The van der Waals surface area contributed by atoms with Crippen LogP contribution < -0.4 is 11.5 Å². The summed E-state index contributed by atoms with van der Waals surface area (Å²) in [7, 11) is 0. The van der Waals surface area contributed by atoms with Crippen LogP contribution in [0.2, 0.25) is 0 Å². The molecule has 0 aliphatic heterocycles. The summed E-state index contributed by atoms with van der Waals surface area (Å²) in [5.74, 6) is 0.277. The summed E-state index contributed by atoms with van der Waals surface area (Å²) in [5.41, 5.74) is 13.7. The Bertz CT molecular complexity index is 503. The second-order valence-electron chi connectivity index (χ2n) is 3.34. The van der Waals surface area contributed by atoms with Crippen molar-refractivity contribution < 1.29 is 0 Å². The smallest absolute Gasteiger partial charge is 0.220 e. The average molecular weight is 212 g/mol. The van der Waals surface area contributed by atoms with Crippen molar-refractivity contribution in [2.75, 3.05) is 11.5 Å². The number of benzene rings is 1. The van der Waals surface area contributed by atoms with E-state index in [2.05, 4.69) is 9.97 Å². The molecule has 0 saturated heterocycles. The molecule has 4 heteroatoms. The van der Waals surface area contributed by atoms with Crippen LogP contribution in [-0.4, -0.2) is 9.97 Å². The molecule has 0 radical (unpaired) electrons. The van der Waals surface area contributed by atoms with Crippen molar-refractivity contribution in [2.24, 2.45) is 0 Å². The monoisotopic (exact) mass is 212 g/mol. The van der Waals surface area contributed by atoms with Gasteiger partial charge in [-0.05, 0) is 29.8 Å². The average Bonchev–Trinajstić information content (AvgIpc) is 2.28. The molecule has 16 heavy (non-hydrogen) atoms. The van der Waals surface area contributed by atoms with Crippen molar-refractivity contribution in [3.63, 3.8) is 0 Å². The molecule has 80 valence electrons. The summed E-state index contributed by atoms with van der Waals surface area (Å²) >= 11 is 0. The normalized spacial score (nSPS) is 10.8. The van der Waals surface area contributed by atoms with Gasteiger partial charge < -0.3 is 11.5 Å². The van der Waals surface area contributed by atoms with E-state index in [1.807, 2.05) is 36.4 Å². The maximum atomic E-state index is 5.59. The highest BCUT2D eigenvalue weighted by atomic mass is 15.0. The third-order valence-electron chi connectivity index (χ3n) is 2.08. The molecule has 0 spiro atoms. The number of hydrogen-bond donors (Lipinski definition) is 2. The highest BCUT2D eigenvalue weighted by Crippen LogP contribution is 2.09. The molecule has 0 bridgehead atoms. The van der Waals surface area contributed by atoms with Gasteiger partial charge in [0.15, 0.2) is 0 Å². The molecule has 1 aromatic heterocycles. The maximum Gasteiger partial charge on any atom is 0.220 e. The fourth-order valence-electron chi connectivity index (χ4n) is 1.27. The zero-order chi connectivity index (χ0) is 11.4. The minimum atomic E-state index is 0.277. The van der Waals surface area contributed by atoms with E-state index in [-0.39, 0.29) is 5.95 Å². The van der Waals surface area contributed by atoms with Crippen LogP contribution in [0.3, 0.4) is 0 Å². The lowest BCUT2D eigenvalue weighted by molar-refractivity contribution is 1.17. The van der Waals surface area contributed by atoms with Crippen LogP contribution in [-0.2, 0) is 0 Å². The zero-order valence-electron chi connectivity index (χ0n) is 8.67. The lowest BCUT2D eigenvalue weighted by atomic mass is 10.2. The van der Waals surface area contributed by atoms with Gasteiger partial charge in [-0.2, -0.15) is 0 Å². The molecular weight excluding hydrogens is 200 g/mol. The molecule has 0 unspecified atom stereocenters. The van der Waals surface area contributed by atoms with Gasteiger partial charge in [0.25, 0.3) is 0 Å². The van der Waals surface area contributed by atoms with Gasteiger partial charge in [0, 0.05) is 11.9 Å². The van der Waals surface area contributed by atoms with E-state index in [4.69, 9.17) is 11.5 Å². The Labute approximate surface area is 93.6 Å². The minimum absolute atomic E-state index is 0.277. The summed E-state index contributed by atoms with van der Waals surface area (Å²) in [6.07, 6.45) is 5.45. The lowest BCUT2D eigenvalue weighted by Gasteiger charge is -1.96. The van der Waals surface area contributed by atoms with E-state index in [1.54, 1.807) is 12.3 Å². The first-order valence-electron chi connectivity index (χ1n) is 4.86. The maximum absolute atomic E-state index is 5.59. The topological polar surface area (TPSA) is 77.8 Å². The van der Waals surface area contributed by atoms with Gasteiger partial charge in [-0.3, -0.25) is 0 Å². The summed E-state index contributed by atoms with van der Waals surface area (Å²) in [6.45, 7) is 0. The largest absolute Gasteiger partial charge is 0.399 e. The fourth-order valence-corrected chi connectivity index (χ4v) is 1.27. The number of aromatic nitrogens is 2. The Morgan fingerprint density at radius 2 is 1.69 bits per heavy atom. The number of rotatable bonds is 2. The number of hydrogen-bond acceptors (Lipinski definition) is 4. The molecule has 0 fully saturated rings. The molecule has 0 atom stereocenters. The Hall–Kier alpha value is -2.36. The van der Waals surface area contributed by atoms with Crippen molar-refractivity contribution in [1.82, 2.24) is 9.97 Å². The predicted octanol–water partition coefficient (Wildman–Crippen LogP) is 1.81. The Morgan fingerprint density at radius 3 is 2.38 bits per heavy atom. The van der Waals surface area contributed by atoms with Gasteiger partial charge in [0.05, 0.1) is 5.69 Å². The molecule has 0 aliphatic rings. The van der Waals surface area contributed by atoms with Crippen molar-refractivity contribution >= 4 is 23.8 Å². The van der Waals surface area contributed by atoms with Gasteiger partial charge in [-0.15, -0.1) is 0 Å². The van der Waals surface area contributed by atoms with E-state index in [1.165, 1.54) is 0 Å². The highest BCUT2D eigenvalue weighted by Gasteiger charge is 1.91. The Balaban J connectivity index is 2.18. The molecule has 4 N–H and O–H groups in total. The number of nitrogen functional groups attached to an aromatic ring is 2. The first-order chi connectivity index (χ1) is 7.74. The van der Waals surface area contributed by atoms with Gasteiger partial charge in [0.1, 0.15) is 0 Å². The standard InChI is InChI=1S/C12H12N4/c13-10-4-1-9(2-5-10)3-6-11-7-8-15-12(14)16-11/h1-8H,13H2,(H2,14,15,16). The van der Waals surface area contributed by atoms with E-state index in [9.17, 15) is 0 Å². The third-order valence-corrected chi connectivity index (χ3v) is 2.08. The minimum Gasteiger partial charge on any atom is -0.399 e. The first-order valence-corrected chi connectivity index (χ1v) is 4.86. The number of nitrogens with zero attached hydrogens (tertiary/aromatic N) is 2. The van der Waals surface area contributed by atoms with Crippen LogP contribution in [0.15, 0.2) is 36.5 Å². The van der Waals surface area contributed by atoms with E-state index in [0.29, 0.717) is 0 Å².